The predicted octanol–water partition coefficient (Wildman–Crippen LogP) is 4.04. The van der Waals surface area contributed by atoms with Crippen LogP contribution in [-0.4, -0.2) is 22.6 Å². The molecule has 0 spiro atoms. The Hall–Kier alpha value is -2.64. The van der Waals surface area contributed by atoms with E-state index in [1.54, 1.807) is 59.8 Å². The van der Waals surface area contributed by atoms with Gasteiger partial charge in [-0.15, -0.1) is 23.1 Å². The van der Waals surface area contributed by atoms with Crippen molar-refractivity contribution in [1.29, 1.82) is 0 Å². The molecular formula is C21H19N3O2S2. The zero-order valence-corrected chi connectivity index (χ0v) is 16.7. The van der Waals surface area contributed by atoms with Gasteiger partial charge >= 0.3 is 0 Å². The molecule has 0 radical (unpaired) electrons. The summed E-state index contributed by atoms with van der Waals surface area (Å²) in [6.07, 6.45) is 4.43. The molecule has 0 saturated carbocycles. The number of hydrogen-bond acceptors (Lipinski definition) is 5. The van der Waals surface area contributed by atoms with Crippen LogP contribution < -0.4 is 10.6 Å². The molecule has 2 N–H and O–H groups in total. The van der Waals surface area contributed by atoms with Gasteiger partial charge in [0.2, 0.25) is 5.91 Å². The second-order valence-corrected chi connectivity index (χ2v) is 8.62. The van der Waals surface area contributed by atoms with E-state index in [-0.39, 0.29) is 17.1 Å². The fourth-order valence-electron chi connectivity index (χ4n) is 3.06. The Balaban J connectivity index is 1.36. The van der Waals surface area contributed by atoms with Gasteiger partial charge in [-0.2, -0.15) is 0 Å². The van der Waals surface area contributed by atoms with Crippen LogP contribution in [0.4, 0.5) is 5.69 Å². The van der Waals surface area contributed by atoms with Crippen molar-refractivity contribution in [3.63, 3.8) is 0 Å². The van der Waals surface area contributed by atoms with E-state index in [9.17, 15) is 9.59 Å². The first-order valence-corrected chi connectivity index (χ1v) is 10.9. The number of thiophene rings is 1. The summed E-state index contributed by atoms with van der Waals surface area (Å²) in [5.41, 5.74) is 3.37. The van der Waals surface area contributed by atoms with Crippen molar-refractivity contribution in [2.75, 3.05) is 11.1 Å². The number of nitrogens with one attached hydrogen (secondary N) is 2. The molecule has 5 nitrogen and oxygen atoms in total. The number of thioether (sulfide) groups is 1. The first-order chi connectivity index (χ1) is 13.7. The Labute approximate surface area is 171 Å². The quantitative estimate of drug-likeness (QED) is 0.667. The van der Waals surface area contributed by atoms with E-state index in [0.717, 1.165) is 23.3 Å². The monoisotopic (exact) mass is 409 g/mol. The summed E-state index contributed by atoms with van der Waals surface area (Å²) >= 11 is 3.40. The third kappa shape index (κ3) is 4.26. The van der Waals surface area contributed by atoms with Crippen LogP contribution in [0.5, 0.6) is 0 Å². The molecule has 142 valence electrons. The largest absolute Gasteiger partial charge is 0.348 e. The van der Waals surface area contributed by atoms with E-state index in [4.69, 9.17) is 0 Å². The number of benzene rings is 1. The molecule has 3 aromatic rings. The van der Waals surface area contributed by atoms with Crippen LogP contribution in [0.25, 0.3) is 0 Å². The Morgan fingerprint density at radius 2 is 1.86 bits per heavy atom. The molecule has 1 atom stereocenters. The standard InChI is InChI=1S/C21H19N3O2S2/c25-20(23-13-14-5-9-22-10-6-14)15-1-3-16(4-2-15)24-21(26)19-17-7-11-27-18(17)8-12-28-19/h1-7,9-11,19H,8,12-13H2,(H,23,25)(H,24,26)/t19-/m1/s1. The molecule has 1 aliphatic heterocycles. The summed E-state index contributed by atoms with van der Waals surface area (Å²) in [4.78, 5) is 30.2. The van der Waals surface area contributed by atoms with Gasteiger partial charge in [0.05, 0.1) is 0 Å². The normalized spacial score (nSPS) is 15.5. The van der Waals surface area contributed by atoms with Crippen molar-refractivity contribution in [3.8, 4) is 0 Å². The number of aryl methyl sites for hydroxylation is 1. The number of carbonyl (C=O) groups is 2. The van der Waals surface area contributed by atoms with E-state index in [1.807, 2.05) is 18.2 Å². The molecule has 3 heterocycles. The highest BCUT2D eigenvalue weighted by atomic mass is 32.2. The van der Waals surface area contributed by atoms with Crippen LogP contribution in [0, 0.1) is 0 Å². The predicted molar refractivity (Wildman–Crippen MR) is 114 cm³/mol. The maximum atomic E-state index is 12.7. The molecule has 1 aromatic carbocycles. The maximum Gasteiger partial charge on any atom is 0.251 e. The van der Waals surface area contributed by atoms with Gasteiger partial charge in [0.1, 0.15) is 5.25 Å². The lowest BCUT2D eigenvalue weighted by Crippen LogP contribution is -2.23. The summed E-state index contributed by atoms with van der Waals surface area (Å²) in [6, 6.07) is 12.8. The third-order valence-electron chi connectivity index (χ3n) is 4.53. The molecule has 2 amide bonds. The van der Waals surface area contributed by atoms with Gasteiger partial charge in [0, 0.05) is 35.1 Å². The van der Waals surface area contributed by atoms with Gasteiger partial charge in [-0.05, 0) is 71.1 Å². The van der Waals surface area contributed by atoms with E-state index in [2.05, 4.69) is 21.0 Å². The fraction of sp³-hybridized carbons (Fsp3) is 0.190. The molecule has 0 aliphatic carbocycles. The topological polar surface area (TPSA) is 71.1 Å². The molecule has 7 heteroatoms. The summed E-state index contributed by atoms with van der Waals surface area (Å²) < 4.78 is 0. The van der Waals surface area contributed by atoms with E-state index in [1.165, 1.54) is 4.88 Å². The van der Waals surface area contributed by atoms with Crippen molar-refractivity contribution in [1.82, 2.24) is 10.3 Å². The molecule has 4 rings (SSSR count). The molecule has 0 saturated heterocycles. The minimum atomic E-state index is -0.168. The minimum absolute atomic E-state index is 0.0146. The Kier molecular flexibility index (Phi) is 5.73. The first kappa shape index (κ1) is 18.7. The number of aromatic nitrogens is 1. The van der Waals surface area contributed by atoms with E-state index in [0.29, 0.717) is 17.8 Å². The Morgan fingerprint density at radius 1 is 1.07 bits per heavy atom. The van der Waals surface area contributed by atoms with Crippen LogP contribution in [0.2, 0.25) is 0 Å². The number of amides is 2. The van der Waals surface area contributed by atoms with Gasteiger partial charge in [0.15, 0.2) is 0 Å². The zero-order valence-electron chi connectivity index (χ0n) is 15.1. The van der Waals surface area contributed by atoms with E-state index >= 15 is 0 Å². The smallest absolute Gasteiger partial charge is 0.251 e. The van der Waals surface area contributed by atoms with Crippen molar-refractivity contribution < 1.29 is 9.59 Å². The highest BCUT2D eigenvalue weighted by Crippen LogP contribution is 2.39. The number of rotatable bonds is 5. The molecule has 1 aliphatic rings. The molecule has 0 fully saturated rings. The number of fused-ring (bicyclic) bond motifs is 1. The SMILES string of the molecule is O=C(NCc1ccncc1)c1ccc(NC(=O)[C@@H]2SCCc3sccc32)cc1. The van der Waals surface area contributed by atoms with E-state index < -0.39 is 0 Å². The van der Waals surface area contributed by atoms with Gasteiger partial charge in [-0.1, -0.05) is 0 Å². The van der Waals surface area contributed by atoms with Crippen molar-refractivity contribution in [2.45, 2.75) is 18.2 Å². The minimum Gasteiger partial charge on any atom is -0.348 e. The molecule has 2 aromatic heterocycles. The number of carbonyl (C=O) groups excluding carboxylic acids is 2. The second-order valence-electron chi connectivity index (χ2n) is 6.40. The zero-order chi connectivity index (χ0) is 19.3. The van der Waals surface area contributed by atoms with Crippen molar-refractivity contribution >= 4 is 40.6 Å². The average molecular weight is 410 g/mol. The van der Waals surface area contributed by atoms with Gasteiger partial charge < -0.3 is 10.6 Å². The van der Waals surface area contributed by atoms with Crippen molar-refractivity contribution in [3.05, 3.63) is 81.8 Å². The maximum absolute atomic E-state index is 12.7. The highest BCUT2D eigenvalue weighted by Gasteiger charge is 2.28. The van der Waals surface area contributed by atoms with Crippen LogP contribution in [0.3, 0.4) is 0 Å². The van der Waals surface area contributed by atoms with Gasteiger partial charge in [0.25, 0.3) is 5.91 Å². The third-order valence-corrected chi connectivity index (χ3v) is 6.77. The summed E-state index contributed by atoms with van der Waals surface area (Å²) in [6.45, 7) is 0.446. The lowest BCUT2D eigenvalue weighted by Gasteiger charge is -2.21. The summed E-state index contributed by atoms with van der Waals surface area (Å²) in [5.74, 6) is 0.794. The number of anilines is 1. The average Bonchev–Trinajstić information content (AvgIpc) is 3.22. The number of hydrogen-bond donors (Lipinski definition) is 2. The van der Waals surface area contributed by atoms with Crippen LogP contribution >= 0.6 is 23.1 Å². The van der Waals surface area contributed by atoms with Gasteiger partial charge in [-0.3, -0.25) is 14.6 Å². The Bertz CT molecular complexity index is 971. The van der Waals surface area contributed by atoms with Crippen LogP contribution in [0.15, 0.2) is 60.2 Å². The van der Waals surface area contributed by atoms with Crippen LogP contribution in [-0.2, 0) is 17.8 Å². The highest BCUT2D eigenvalue weighted by molar-refractivity contribution is 8.00. The first-order valence-electron chi connectivity index (χ1n) is 8.96. The molecule has 0 unspecified atom stereocenters. The number of nitrogens with zero attached hydrogens (tertiary/aromatic N) is 1. The lowest BCUT2D eigenvalue weighted by atomic mass is 10.1. The van der Waals surface area contributed by atoms with Crippen LogP contribution in [0.1, 0.15) is 31.6 Å². The summed E-state index contributed by atoms with van der Waals surface area (Å²) in [5, 5.41) is 7.74. The van der Waals surface area contributed by atoms with Crippen molar-refractivity contribution in [2.24, 2.45) is 0 Å². The lowest BCUT2D eigenvalue weighted by molar-refractivity contribution is -0.115. The molecule has 28 heavy (non-hydrogen) atoms. The molecule has 0 bridgehead atoms. The number of pyridine rings is 1. The summed E-state index contributed by atoms with van der Waals surface area (Å²) in [7, 11) is 0. The van der Waals surface area contributed by atoms with Gasteiger partial charge in [-0.25, -0.2) is 0 Å². The second kappa shape index (κ2) is 8.58. The molecular weight excluding hydrogens is 390 g/mol. The Morgan fingerprint density at radius 3 is 2.64 bits per heavy atom. The fourth-order valence-corrected chi connectivity index (χ4v) is 5.35.